The Kier molecular flexibility index (Phi) is 4.10. The van der Waals surface area contributed by atoms with Gasteiger partial charge in [0.1, 0.15) is 0 Å². The monoisotopic (exact) mass is 244 g/mol. The zero-order valence-corrected chi connectivity index (χ0v) is 11.0. The summed E-state index contributed by atoms with van der Waals surface area (Å²) < 4.78 is 1.71. The van der Waals surface area contributed by atoms with Crippen LogP contribution in [0.15, 0.2) is 36.5 Å². The first-order chi connectivity index (χ1) is 8.70. The second-order valence-electron chi connectivity index (χ2n) is 4.68. The molecule has 2 rings (SSSR count). The molecule has 1 heterocycles. The number of rotatable bonds is 5. The zero-order valence-electron chi connectivity index (χ0n) is 11.0. The van der Waals surface area contributed by atoms with E-state index in [4.69, 9.17) is 5.73 Å². The highest BCUT2D eigenvalue weighted by molar-refractivity contribution is 5.21. The van der Waals surface area contributed by atoms with E-state index in [0.29, 0.717) is 5.92 Å². The molecule has 0 radical (unpaired) electrons. The predicted octanol–water partition coefficient (Wildman–Crippen LogP) is 1.88. The minimum Gasteiger partial charge on any atom is -0.327 e. The molecule has 2 unspecified atom stereocenters. The predicted molar refractivity (Wildman–Crippen MR) is 72.2 cm³/mol. The van der Waals surface area contributed by atoms with E-state index in [1.54, 1.807) is 4.68 Å². The molecular formula is C14H20N4. The summed E-state index contributed by atoms with van der Waals surface area (Å²) in [6.07, 6.45) is 3.73. The normalized spacial score (nSPS) is 14.4. The van der Waals surface area contributed by atoms with Crippen molar-refractivity contribution < 1.29 is 0 Å². The maximum atomic E-state index is 6.32. The van der Waals surface area contributed by atoms with Crippen molar-refractivity contribution in [2.45, 2.75) is 31.7 Å². The lowest BCUT2D eigenvalue weighted by Crippen LogP contribution is -2.30. The molecule has 4 nitrogen and oxygen atoms in total. The number of nitrogens with two attached hydrogens (primary N) is 1. The zero-order chi connectivity index (χ0) is 13.0. The molecule has 18 heavy (non-hydrogen) atoms. The molecule has 0 fully saturated rings. The van der Waals surface area contributed by atoms with Gasteiger partial charge in [-0.2, -0.15) is 0 Å². The Bertz CT molecular complexity index is 478. The summed E-state index contributed by atoms with van der Waals surface area (Å²) in [5.41, 5.74) is 8.58. The lowest BCUT2D eigenvalue weighted by molar-refractivity contribution is 0.510. The second-order valence-corrected chi connectivity index (χ2v) is 4.68. The molecular weight excluding hydrogens is 224 g/mol. The smallest absolute Gasteiger partial charge is 0.0842 e. The molecule has 96 valence electrons. The van der Waals surface area contributed by atoms with Gasteiger partial charge in [-0.1, -0.05) is 42.5 Å². The van der Waals surface area contributed by atoms with Gasteiger partial charge in [-0.05, 0) is 17.9 Å². The van der Waals surface area contributed by atoms with Crippen LogP contribution in [0, 0.1) is 0 Å². The largest absolute Gasteiger partial charge is 0.327 e. The van der Waals surface area contributed by atoms with Crippen LogP contribution in [-0.2, 0) is 13.5 Å². The van der Waals surface area contributed by atoms with Crippen LogP contribution >= 0.6 is 0 Å². The van der Waals surface area contributed by atoms with Gasteiger partial charge in [-0.15, -0.1) is 5.10 Å². The highest BCUT2D eigenvalue weighted by atomic mass is 15.4. The van der Waals surface area contributed by atoms with Crippen LogP contribution in [0.4, 0.5) is 0 Å². The number of aryl methyl sites for hydroxylation is 1. The summed E-state index contributed by atoms with van der Waals surface area (Å²) in [6.45, 7) is 2.17. The number of hydrogen-bond donors (Lipinski definition) is 1. The molecule has 2 aromatic rings. The van der Waals surface area contributed by atoms with Crippen molar-refractivity contribution in [1.82, 2.24) is 15.0 Å². The highest BCUT2D eigenvalue weighted by Crippen LogP contribution is 2.23. The average Bonchev–Trinajstić information content (AvgIpc) is 2.77. The molecule has 0 aliphatic carbocycles. The van der Waals surface area contributed by atoms with Crippen molar-refractivity contribution in [2.24, 2.45) is 12.8 Å². The van der Waals surface area contributed by atoms with Crippen LogP contribution in [0.3, 0.4) is 0 Å². The van der Waals surface area contributed by atoms with Crippen LogP contribution in [0.1, 0.15) is 30.5 Å². The first-order valence-corrected chi connectivity index (χ1v) is 6.36. The van der Waals surface area contributed by atoms with E-state index in [2.05, 4.69) is 41.5 Å². The minimum atomic E-state index is 0.0779. The van der Waals surface area contributed by atoms with E-state index in [9.17, 15) is 0 Å². The van der Waals surface area contributed by atoms with Gasteiger partial charge in [-0.3, -0.25) is 4.68 Å². The first kappa shape index (κ1) is 12.8. The minimum absolute atomic E-state index is 0.0779. The Balaban J connectivity index is 2.08. The van der Waals surface area contributed by atoms with Crippen LogP contribution in [0.5, 0.6) is 0 Å². The summed E-state index contributed by atoms with van der Waals surface area (Å²) in [6, 6.07) is 10.5. The van der Waals surface area contributed by atoms with Crippen molar-refractivity contribution >= 4 is 0 Å². The van der Waals surface area contributed by atoms with Gasteiger partial charge in [0.2, 0.25) is 0 Å². The van der Waals surface area contributed by atoms with Crippen LogP contribution in [-0.4, -0.2) is 21.0 Å². The third kappa shape index (κ3) is 2.96. The molecule has 0 saturated carbocycles. The van der Waals surface area contributed by atoms with Gasteiger partial charge in [0.15, 0.2) is 0 Å². The maximum absolute atomic E-state index is 6.32. The lowest BCUT2D eigenvalue weighted by Gasteiger charge is -2.22. The standard InChI is InChI=1S/C14H20N4/c1-3-13(11-7-5-4-6-8-11)14(15)9-12-10-18(2)17-16-12/h4-8,10,13-14H,3,9,15H2,1-2H3. The summed E-state index contributed by atoms with van der Waals surface area (Å²) in [7, 11) is 1.87. The fourth-order valence-corrected chi connectivity index (χ4v) is 2.36. The van der Waals surface area contributed by atoms with Gasteiger partial charge in [-0.25, -0.2) is 0 Å². The second kappa shape index (κ2) is 5.78. The summed E-state index contributed by atoms with van der Waals surface area (Å²) in [5, 5.41) is 8.04. The quantitative estimate of drug-likeness (QED) is 0.873. The first-order valence-electron chi connectivity index (χ1n) is 6.36. The Morgan fingerprint density at radius 3 is 2.56 bits per heavy atom. The van der Waals surface area contributed by atoms with Crippen molar-refractivity contribution in [3.05, 3.63) is 47.8 Å². The maximum Gasteiger partial charge on any atom is 0.0842 e. The van der Waals surface area contributed by atoms with Crippen molar-refractivity contribution in [2.75, 3.05) is 0 Å². The number of hydrogen-bond acceptors (Lipinski definition) is 3. The van der Waals surface area contributed by atoms with Crippen molar-refractivity contribution in [1.29, 1.82) is 0 Å². The molecule has 0 saturated heterocycles. The summed E-state index contributed by atoms with van der Waals surface area (Å²) >= 11 is 0. The molecule has 0 aliphatic rings. The van der Waals surface area contributed by atoms with Gasteiger partial charge < -0.3 is 5.73 Å². The molecule has 2 atom stereocenters. The lowest BCUT2D eigenvalue weighted by atomic mass is 9.87. The Labute approximate surface area is 108 Å². The molecule has 0 spiro atoms. The van der Waals surface area contributed by atoms with Crippen LogP contribution < -0.4 is 5.73 Å². The number of nitrogens with zero attached hydrogens (tertiary/aromatic N) is 3. The fourth-order valence-electron chi connectivity index (χ4n) is 2.36. The average molecular weight is 244 g/mol. The Morgan fingerprint density at radius 2 is 2.00 bits per heavy atom. The van der Waals surface area contributed by atoms with Gasteiger partial charge in [0, 0.05) is 25.7 Å². The van der Waals surface area contributed by atoms with E-state index in [1.807, 2.05) is 19.3 Å². The molecule has 0 bridgehead atoms. The molecule has 1 aromatic heterocycles. The van der Waals surface area contributed by atoms with E-state index in [1.165, 1.54) is 5.56 Å². The summed E-state index contributed by atoms with van der Waals surface area (Å²) in [4.78, 5) is 0. The Morgan fingerprint density at radius 1 is 1.28 bits per heavy atom. The van der Waals surface area contributed by atoms with Crippen LogP contribution in [0.2, 0.25) is 0 Å². The van der Waals surface area contributed by atoms with Crippen LogP contribution in [0.25, 0.3) is 0 Å². The molecule has 2 N–H and O–H groups in total. The SMILES string of the molecule is CCC(c1ccccc1)C(N)Cc1cn(C)nn1. The highest BCUT2D eigenvalue weighted by Gasteiger charge is 2.19. The van der Waals surface area contributed by atoms with Crippen molar-refractivity contribution in [3.8, 4) is 0 Å². The molecule has 1 aromatic carbocycles. The fraction of sp³-hybridized carbons (Fsp3) is 0.429. The van der Waals surface area contributed by atoms with E-state index < -0.39 is 0 Å². The molecule has 0 aliphatic heterocycles. The third-order valence-electron chi connectivity index (χ3n) is 3.28. The molecule has 4 heteroatoms. The molecule has 0 amide bonds. The number of benzene rings is 1. The van der Waals surface area contributed by atoms with Gasteiger partial charge in [0.05, 0.1) is 5.69 Å². The third-order valence-corrected chi connectivity index (χ3v) is 3.28. The van der Waals surface area contributed by atoms with E-state index in [-0.39, 0.29) is 6.04 Å². The van der Waals surface area contributed by atoms with Gasteiger partial charge >= 0.3 is 0 Å². The topological polar surface area (TPSA) is 56.7 Å². The Hall–Kier alpha value is -1.68. The van der Waals surface area contributed by atoms with Gasteiger partial charge in [0.25, 0.3) is 0 Å². The van der Waals surface area contributed by atoms with E-state index >= 15 is 0 Å². The number of aromatic nitrogens is 3. The summed E-state index contributed by atoms with van der Waals surface area (Å²) in [5.74, 6) is 0.369. The van der Waals surface area contributed by atoms with Crippen molar-refractivity contribution in [3.63, 3.8) is 0 Å². The van der Waals surface area contributed by atoms with E-state index in [0.717, 1.165) is 18.5 Å².